The van der Waals surface area contributed by atoms with Gasteiger partial charge in [-0.2, -0.15) is 4.72 Å². The molecule has 1 saturated carbocycles. The van der Waals surface area contributed by atoms with Crippen LogP contribution in [0.1, 0.15) is 45.4 Å². The smallest absolute Gasteiger partial charge is 0.327 e. The van der Waals surface area contributed by atoms with Gasteiger partial charge in [-0.25, -0.2) is 8.42 Å². The van der Waals surface area contributed by atoms with E-state index in [0.717, 1.165) is 6.42 Å². The molecule has 3 N–H and O–H groups in total. The minimum atomic E-state index is -3.47. The van der Waals surface area contributed by atoms with Crippen LogP contribution in [-0.2, 0) is 19.6 Å². The molecule has 0 aromatic heterocycles. The van der Waals surface area contributed by atoms with Gasteiger partial charge in [0.25, 0.3) is 0 Å². The number of methoxy groups -OCH3 is 1. The second kappa shape index (κ2) is 6.67. The molecule has 6 nitrogen and oxygen atoms in total. The van der Waals surface area contributed by atoms with Crippen LogP contribution in [0.25, 0.3) is 0 Å². The summed E-state index contributed by atoms with van der Waals surface area (Å²) in [6.07, 6.45) is 3.39. The van der Waals surface area contributed by atoms with Crippen LogP contribution in [0.3, 0.4) is 0 Å². The van der Waals surface area contributed by atoms with Gasteiger partial charge < -0.3 is 10.5 Å². The average Bonchev–Trinajstić information content (AvgIpc) is 2.38. The lowest BCUT2D eigenvalue weighted by Crippen LogP contribution is -2.58. The molecule has 0 aromatic rings. The van der Waals surface area contributed by atoms with Crippen molar-refractivity contribution in [2.75, 3.05) is 12.9 Å². The number of ether oxygens (including phenoxy) is 1. The standard InChI is InChI=1S/C12H24N2O4S/c1-3-4-9-19(16,17)14-12(11(15)18-2)7-5-10(13)6-8-12/h10,14H,3-9,13H2,1-2H3. The Morgan fingerprint density at radius 1 is 1.42 bits per heavy atom. The Balaban J connectivity index is 2.84. The van der Waals surface area contributed by atoms with Crippen LogP contribution in [0.4, 0.5) is 0 Å². The molecular formula is C12H24N2O4S. The van der Waals surface area contributed by atoms with Gasteiger partial charge in [0, 0.05) is 6.04 Å². The third-order valence-electron chi connectivity index (χ3n) is 3.58. The van der Waals surface area contributed by atoms with Crippen LogP contribution in [0.15, 0.2) is 0 Å². The second-order valence-electron chi connectivity index (χ2n) is 5.19. The molecule has 0 spiro atoms. The minimum absolute atomic E-state index is 0.0259. The maximum absolute atomic E-state index is 12.0. The first-order valence-corrected chi connectivity index (χ1v) is 8.36. The molecule has 0 aromatic carbocycles. The Kier molecular flexibility index (Phi) is 5.76. The average molecular weight is 292 g/mol. The molecule has 1 aliphatic rings. The highest BCUT2D eigenvalue weighted by molar-refractivity contribution is 7.89. The first-order valence-electron chi connectivity index (χ1n) is 6.71. The van der Waals surface area contributed by atoms with E-state index in [4.69, 9.17) is 10.5 Å². The van der Waals surface area contributed by atoms with Gasteiger partial charge in [-0.15, -0.1) is 0 Å². The topological polar surface area (TPSA) is 98.5 Å². The maximum atomic E-state index is 12.0. The molecule has 1 aliphatic carbocycles. The third kappa shape index (κ3) is 4.43. The van der Waals surface area contributed by atoms with E-state index in [1.54, 1.807) is 0 Å². The van der Waals surface area contributed by atoms with Gasteiger partial charge in [-0.1, -0.05) is 13.3 Å². The predicted molar refractivity (Wildman–Crippen MR) is 73.0 cm³/mol. The summed E-state index contributed by atoms with van der Waals surface area (Å²) >= 11 is 0. The van der Waals surface area contributed by atoms with Crippen molar-refractivity contribution in [3.63, 3.8) is 0 Å². The molecular weight excluding hydrogens is 268 g/mol. The second-order valence-corrected chi connectivity index (χ2v) is 7.03. The summed E-state index contributed by atoms with van der Waals surface area (Å²) in [5, 5.41) is 0. The molecule has 0 unspecified atom stereocenters. The molecule has 0 atom stereocenters. The highest BCUT2D eigenvalue weighted by Crippen LogP contribution is 2.29. The number of unbranched alkanes of at least 4 members (excludes halogenated alkanes) is 1. The summed E-state index contributed by atoms with van der Waals surface area (Å²) < 4.78 is 31.4. The van der Waals surface area contributed by atoms with E-state index in [0.29, 0.717) is 32.1 Å². The Hall–Kier alpha value is -0.660. The van der Waals surface area contributed by atoms with Gasteiger partial charge >= 0.3 is 5.97 Å². The van der Waals surface area contributed by atoms with Crippen molar-refractivity contribution in [2.24, 2.45) is 5.73 Å². The summed E-state index contributed by atoms with van der Waals surface area (Å²) in [5.41, 5.74) is 4.68. The van der Waals surface area contributed by atoms with Gasteiger partial charge in [0.15, 0.2) is 0 Å². The quantitative estimate of drug-likeness (QED) is 0.695. The fraction of sp³-hybridized carbons (Fsp3) is 0.917. The van der Waals surface area contributed by atoms with Crippen molar-refractivity contribution in [3.8, 4) is 0 Å². The normalized spacial score (nSPS) is 28.1. The summed E-state index contributed by atoms with van der Waals surface area (Å²) in [6, 6.07) is 0.0259. The van der Waals surface area contributed by atoms with E-state index in [9.17, 15) is 13.2 Å². The van der Waals surface area contributed by atoms with Gasteiger partial charge in [-0.3, -0.25) is 4.79 Å². The minimum Gasteiger partial charge on any atom is -0.468 e. The molecule has 7 heteroatoms. The molecule has 0 radical (unpaired) electrons. The van der Waals surface area contributed by atoms with E-state index in [2.05, 4.69) is 4.72 Å². The number of carbonyl (C=O) groups is 1. The van der Waals surface area contributed by atoms with Crippen molar-refractivity contribution in [1.82, 2.24) is 4.72 Å². The maximum Gasteiger partial charge on any atom is 0.327 e. The number of hydrogen-bond acceptors (Lipinski definition) is 5. The SMILES string of the molecule is CCCCS(=O)(=O)NC1(C(=O)OC)CCC(N)CC1. The predicted octanol–water partition coefficient (Wildman–Crippen LogP) is 0.519. The van der Waals surface area contributed by atoms with Gasteiger partial charge in [0.05, 0.1) is 12.9 Å². The summed E-state index contributed by atoms with van der Waals surface area (Å²) in [4.78, 5) is 12.0. The monoisotopic (exact) mass is 292 g/mol. The zero-order valence-corrected chi connectivity index (χ0v) is 12.5. The number of nitrogens with one attached hydrogen (secondary N) is 1. The summed E-state index contributed by atoms with van der Waals surface area (Å²) in [5.74, 6) is -0.478. The number of sulfonamides is 1. The van der Waals surface area contributed by atoms with Crippen molar-refractivity contribution in [3.05, 3.63) is 0 Å². The first-order chi connectivity index (χ1) is 8.85. The van der Waals surface area contributed by atoms with Crippen LogP contribution in [0.5, 0.6) is 0 Å². The molecule has 19 heavy (non-hydrogen) atoms. The van der Waals surface area contributed by atoms with E-state index in [-0.39, 0.29) is 11.8 Å². The Morgan fingerprint density at radius 2 is 2.00 bits per heavy atom. The number of rotatable bonds is 6. The van der Waals surface area contributed by atoms with Crippen molar-refractivity contribution >= 4 is 16.0 Å². The first kappa shape index (κ1) is 16.4. The lowest BCUT2D eigenvalue weighted by atomic mass is 9.80. The van der Waals surface area contributed by atoms with Crippen LogP contribution >= 0.6 is 0 Å². The van der Waals surface area contributed by atoms with Crippen LogP contribution in [0.2, 0.25) is 0 Å². The molecule has 1 fully saturated rings. The number of carbonyl (C=O) groups excluding carboxylic acids is 1. The van der Waals surface area contributed by atoms with Crippen molar-refractivity contribution in [1.29, 1.82) is 0 Å². The van der Waals surface area contributed by atoms with Crippen molar-refractivity contribution < 1.29 is 17.9 Å². The van der Waals surface area contributed by atoms with Crippen LogP contribution in [-0.4, -0.2) is 38.8 Å². The van der Waals surface area contributed by atoms with Gasteiger partial charge in [0.1, 0.15) is 5.54 Å². The highest BCUT2D eigenvalue weighted by atomic mass is 32.2. The van der Waals surface area contributed by atoms with Crippen molar-refractivity contribution in [2.45, 2.75) is 57.0 Å². The number of esters is 1. The van der Waals surface area contributed by atoms with E-state index < -0.39 is 21.5 Å². The number of hydrogen-bond donors (Lipinski definition) is 2. The summed E-state index contributed by atoms with van der Waals surface area (Å²) in [7, 11) is -2.19. The largest absolute Gasteiger partial charge is 0.468 e. The Labute approximate surface area is 115 Å². The third-order valence-corrected chi connectivity index (χ3v) is 5.11. The lowest BCUT2D eigenvalue weighted by Gasteiger charge is -2.37. The molecule has 0 aliphatic heterocycles. The summed E-state index contributed by atoms with van der Waals surface area (Å²) in [6.45, 7) is 1.92. The Morgan fingerprint density at radius 3 is 2.47 bits per heavy atom. The van der Waals surface area contributed by atoms with Crippen LogP contribution < -0.4 is 10.5 Å². The molecule has 1 rings (SSSR count). The molecule has 0 heterocycles. The zero-order chi connectivity index (χ0) is 14.5. The van der Waals surface area contributed by atoms with Crippen LogP contribution in [0, 0.1) is 0 Å². The molecule has 112 valence electrons. The fourth-order valence-electron chi connectivity index (χ4n) is 2.36. The fourth-order valence-corrected chi connectivity index (χ4v) is 4.01. The van der Waals surface area contributed by atoms with Gasteiger partial charge in [0.2, 0.25) is 10.0 Å². The number of nitrogens with two attached hydrogens (primary N) is 1. The van der Waals surface area contributed by atoms with E-state index >= 15 is 0 Å². The zero-order valence-electron chi connectivity index (χ0n) is 11.6. The highest BCUT2D eigenvalue weighted by Gasteiger charge is 2.45. The molecule has 0 amide bonds. The van der Waals surface area contributed by atoms with E-state index in [1.165, 1.54) is 7.11 Å². The molecule has 0 bridgehead atoms. The lowest BCUT2D eigenvalue weighted by molar-refractivity contribution is -0.149. The van der Waals surface area contributed by atoms with Gasteiger partial charge in [-0.05, 0) is 32.1 Å². The molecule has 0 saturated heterocycles. The van der Waals surface area contributed by atoms with E-state index in [1.807, 2.05) is 6.92 Å². The Bertz CT molecular complexity index is 400.